The summed E-state index contributed by atoms with van der Waals surface area (Å²) in [7, 11) is 0. The van der Waals surface area contributed by atoms with Gasteiger partial charge in [0.25, 0.3) is 5.91 Å². The van der Waals surface area contributed by atoms with E-state index < -0.39 is 24.3 Å². The van der Waals surface area contributed by atoms with Crippen molar-refractivity contribution in [2.75, 3.05) is 11.9 Å². The lowest BCUT2D eigenvalue weighted by molar-refractivity contribution is -0.141. The third-order valence-corrected chi connectivity index (χ3v) is 4.55. The predicted molar refractivity (Wildman–Crippen MR) is 105 cm³/mol. The molecule has 1 amide bonds. The molecule has 0 unspecified atom stereocenters. The highest BCUT2D eigenvalue weighted by Gasteiger charge is 2.16. The van der Waals surface area contributed by atoms with Crippen LogP contribution in [0.5, 0.6) is 0 Å². The summed E-state index contributed by atoms with van der Waals surface area (Å²) >= 11 is 1.34. The van der Waals surface area contributed by atoms with Gasteiger partial charge in [-0.2, -0.15) is 0 Å². The Bertz CT molecular complexity index is 982. The number of halogens is 2. The van der Waals surface area contributed by atoms with Crippen LogP contribution < -0.4 is 5.32 Å². The van der Waals surface area contributed by atoms with Crippen LogP contribution in [-0.2, 0) is 14.3 Å². The monoisotopic (exact) mass is 399 g/mol. The molecule has 0 fully saturated rings. The van der Waals surface area contributed by atoms with Crippen LogP contribution in [0, 0.1) is 11.6 Å². The van der Waals surface area contributed by atoms with Crippen molar-refractivity contribution in [3.8, 4) is 0 Å². The molecular formula is C21H15F2NO3S. The van der Waals surface area contributed by atoms with Gasteiger partial charge in [0.2, 0.25) is 0 Å². The Balaban J connectivity index is 1.68. The minimum Gasteiger partial charge on any atom is -0.452 e. The van der Waals surface area contributed by atoms with Crippen LogP contribution in [0.1, 0.15) is 10.4 Å². The number of benzene rings is 2. The maximum atomic E-state index is 13.1. The van der Waals surface area contributed by atoms with Crippen molar-refractivity contribution in [1.82, 2.24) is 0 Å². The van der Waals surface area contributed by atoms with E-state index >= 15 is 0 Å². The van der Waals surface area contributed by atoms with E-state index in [-0.39, 0.29) is 11.4 Å². The van der Waals surface area contributed by atoms with Crippen molar-refractivity contribution < 1.29 is 23.1 Å². The van der Waals surface area contributed by atoms with E-state index in [9.17, 15) is 18.4 Å². The van der Waals surface area contributed by atoms with E-state index in [4.69, 9.17) is 4.74 Å². The number of hydrogen-bond donors (Lipinski definition) is 1. The molecule has 0 saturated carbocycles. The van der Waals surface area contributed by atoms with E-state index in [1.807, 2.05) is 5.38 Å². The lowest BCUT2D eigenvalue weighted by atomic mass is 10.1. The highest BCUT2D eigenvalue weighted by atomic mass is 32.1. The summed E-state index contributed by atoms with van der Waals surface area (Å²) in [5.41, 5.74) is 1.27. The summed E-state index contributed by atoms with van der Waals surface area (Å²) in [6, 6.07) is 14.4. The van der Waals surface area contributed by atoms with E-state index in [2.05, 4.69) is 5.32 Å². The number of amides is 1. The van der Waals surface area contributed by atoms with E-state index in [0.29, 0.717) is 16.1 Å². The van der Waals surface area contributed by atoms with Gasteiger partial charge in [0.15, 0.2) is 6.61 Å². The summed E-state index contributed by atoms with van der Waals surface area (Å²) in [5, 5.41) is 4.32. The molecule has 3 aromatic rings. The number of thiophene rings is 1. The molecule has 0 aliphatic carbocycles. The van der Waals surface area contributed by atoms with Gasteiger partial charge in [0, 0.05) is 10.6 Å². The zero-order valence-corrected chi connectivity index (χ0v) is 15.3. The second-order valence-corrected chi connectivity index (χ2v) is 6.67. The molecule has 0 saturated heterocycles. The topological polar surface area (TPSA) is 55.4 Å². The lowest BCUT2D eigenvalue weighted by Crippen LogP contribution is -2.21. The molecule has 0 spiro atoms. The highest BCUT2D eigenvalue weighted by Crippen LogP contribution is 2.24. The van der Waals surface area contributed by atoms with Crippen molar-refractivity contribution >= 4 is 40.5 Å². The molecule has 0 aliphatic rings. The van der Waals surface area contributed by atoms with Gasteiger partial charge in [-0.15, -0.1) is 11.3 Å². The Morgan fingerprint density at radius 1 is 0.964 bits per heavy atom. The van der Waals surface area contributed by atoms with Gasteiger partial charge in [-0.3, -0.25) is 4.79 Å². The summed E-state index contributed by atoms with van der Waals surface area (Å²) in [6.45, 7) is -0.498. The number of esters is 1. The molecule has 7 heteroatoms. The predicted octanol–water partition coefficient (Wildman–Crippen LogP) is 4.75. The summed E-state index contributed by atoms with van der Waals surface area (Å²) < 4.78 is 31.1. The maximum absolute atomic E-state index is 13.1. The second kappa shape index (κ2) is 9.05. The summed E-state index contributed by atoms with van der Waals surface area (Å²) in [6.07, 6.45) is 1.57. The smallest absolute Gasteiger partial charge is 0.340 e. The first-order chi connectivity index (χ1) is 13.5. The fourth-order valence-corrected chi connectivity index (χ4v) is 3.06. The largest absolute Gasteiger partial charge is 0.452 e. The summed E-state index contributed by atoms with van der Waals surface area (Å²) in [4.78, 5) is 25.2. The van der Waals surface area contributed by atoms with Crippen LogP contribution in [0.3, 0.4) is 0 Å². The Labute approximate surface area is 164 Å². The van der Waals surface area contributed by atoms with Crippen LogP contribution >= 0.6 is 11.3 Å². The zero-order chi connectivity index (χ0) is 19.9. The van der Waals surface area contributed by atoms with Crippen LogP contribution in [0.15, 0.2) is 66.0 Å². The van der Waals surface area contributed by atoms with Crippen LogP contribution in [0.25, 0.3) is 11.6 Å². The Kier molecular flexibility index (Phi) is 6.29. The minimum atomic E-state index is -0.680. The van der Waals surface area contributed by atoms with Gasteiger partial charge in [0.1, 0.15) is 11.6 Å². The molecular weight excluding hydrogens is 384 g/mol. The Hall–Kier alpha value is -3.32. The number of rotatable bonds is 6. The summed E-state index contributed by atoms with van der Waals surface area (Å²) in [5.74, 6) is -2.03. The molecule has 0 radical (unpaired) electrons. The SMILES string of the molecule is O=C(COC(=O)/C(=C/c1ccc(F)cc1)c1cccs1)Nc1ccc(F)cc1. The van der Waals surface area contributed by atoms with E-state index in [1.165, 1.54) is 59.9 Å². The molecule has 0 atom stereocenters. The molecule has 1 N–H and O–H groups in total. The van der Waals surface area contributed by atoms with Crippen LogP contribution in [0.4, 0.5) is 14.5 Å². The number of nitrogens with one attached hydrogen (secondary N) is 1. The van der Waals surface area contributed by atoms with Crippen LogP contribution in [-0.4, -0.2) is 18.5 Å². The van der Waals surface area contributed by atoms with E-state index in [1.54, 1.807) is 18.2 Å². The van der Waals surface area contributed by atoms with Crippen molar-refractivity contribution in [3.63, 3.8) is 0 Å². The molecule has 1 heterocycles. The number of ether oxygens (including phenoxy) is 1. The zero-order valence-electron chi connectivity index (χ0n) is 14.5. The van der Waals surface area contributed by atoms with Crippen molar-refractivity contribution in [2.45, 2.75) is 0 Å². The standard InChI is InChI=1S/C21H15F2NO3S/c22-15-5-3-14(4-6-15)12-18(19-2-1-11-28-19)21(26)27-13-20(25)24-17-9-7-16(23)8-10-17/h1-12H,13H2,(H,24,25)/b18-12+. The number of carbonyl (C=O) groups excluding carboxylic acids is 2. The van der Waals surface area contributed by atoms with Crippen molar-refractivity contribution in [3.05, 3.63) is 88.1 Å². The number of anilines is 1. The first kappa shape index (κ1) is 19.4. The average Bonchev–Trinajstić information content (AvgIpc) is 3.22. The van der Waals surface area contributed by atoms with Crippen molar-refractivity contribution in [1.29, 1.82) is 0 Å². The third kappa shape index (κ3) is 5.34. The van der Waals surface area contributed by atoms with Gasteiger partial charge < -0.3 is 10.1 Å². The molecule has 3 rings (SSSR count). The quantitative estimate of drug-likeness (QED) is 0.481. The van der Waals surface area contributed by atoms with Crippen molar-refractivity contribution in [2.24, 2.45) is 0 Å². The fraction of sp³-hybridized carbons (Fsp3) is 0.0476. The molecule has 28 heavy (non-hydrogen) atoms. The third-order valence-electron chi connectivity index (χ3n) is 3.65. The minimum absolute atomic E-state index is 0.260. The van der Waals surface area contributed by atoms with Gasteiger partial charge >= 0.3 is 5.97 Å². The second-order valence-electron chi connectivity index (χ2n) is 5.72. The van der Waals surface area contributed by atoms with Gasteiger partial charge in [-0.1, -0.05) is 18.2 Å². The number of carbonyl (C=O) groups is 2. The molecule has 0 bridgehead atoms. The Morgan fingerprint density at radius 3 is 2.21 bits per heavy atom. The number of hydrogen-bond acceptors (Lipinski definition) is 4. The fourth-order valence-electron chi connectivity index (χ4n) is 2.33. The lowest BCUT2D eigenvalue weighted by Gasteiger charge is -2.08. The maximum Gasteiger partial charge on any atom is 0.340 e. The molecule has 2 aromatic carbocycles. The average molecular weight is 399 g/mol. The molecule has 1 aromatic heterocycles. The normalized spacial score (nSPS) is 11.1. The van der Waals surface area contributed by atoms with Gasteiger partial charge in [0.05, 0.1) is 5.57 Å². The first-order valence-corrected chi connectivity index (χ1v) is 9.13. The van der Waals surface area contributed by atoms with Crippen LogP contribution in [0.2, 0.25) is 0 Å². The molecule has 4 nitrogen and oxygen atoms in total. The first-order valence-electron chi connectivity index (χ1n) is 8.25. The Morgan fingerprint density at radius 2 is 1.61 bits per heavy atom. The highest BCUT2D eigenvalue weighted by molar-refractivity contribution is 7.11. The molecule has 142 valence electrons. The molecule has 0 aliphatic heterocycles. The van der Waals surface area contributed by atoms with Gasteiger partial charge in [-0.25, -0.2) is 13.6 Å². The van der Waals surface area contributed by atoms with Gasteiger partial charge in [-0.05, 0) is 59.5 Å². The van der Waals surface area contributed by atoms with E-state index in [0.717, 1.165) is 0 Å².